The Hall–Kier alpha value is -3.48. The Bertz CT molecular complexity index is 1380. The molecule has 45 heavy (non-hydrogen) atoms. The molecule has 0 spiro atoms. The van der Waals surface area contributed by atoms with Gasteiger partial charge >= 0.3 is 0 Å². The molecule has 2 aliphatic heterocycles. The molecule has 2 saturated heterocycles. The molecule has 4 atom stereocenters. The van der Waals surface area contributed by atoms with Crippen LogP contribution in [0, 0.1) is 5.92 Å². The van der Waals surface area contributed by atoms with Gasteiger partial charge in [0.2, 0.25) is 0 Å². The summed E-state index contributed by atoms with van der Waals surface area (Å²) in [5.41, 5.74) is 4.86. The van der Waals surface area contributed by atoms with Crippen molar-refractivity contribution in [3.8, 4) is 0 Å². The zero-order valence-electron chi connectivity index (χ0n) is 26.6. The molecule has 2 fully saturated rings. The largest absolute Gasteiger partial charge is 0.372 e. The summed E-state index contributed by atoms with van der Waals surface area (Å²) in [6.45, 7) is 8.10. The predicted molar refractivity (Wildman–Crippen MR) is 182 cm³/mol. The summed E-state index contributed by atoms with van der Waals surface area (Å²) in [6.07, 6.45) is 3.26. The maximum atomic E-state index is 6.80. The van der Waals surface area contributed by atoms with Crippen LogP contribution in [0.3, 0.4) is 0 Å². The van der Waals surface area contributed by atoms with Gasteiger partial charge in [0.25, 0.3) is 0 Å². The zero-order chi connectivity index (χ0) is 30.7. The number of benzene rings is 4. The highest BCUT2D eigenvalue weighted by Crippen LogP contribution is 2.31. The van der Waals surface area contributed by atoms with Gasteiger partial charge in [-0.2, -0.15) is 0 Å². The lowest BCUT2D eigenvalue weighted by Crippen LogP contribution is -2.62. The molecule has 0 aliphatic carbocycles. The average Bonchev–Trinajstić information content (AvgIpc) is 3.11. The lowest BCUT2D eigenvalue weighted by atomic mass is 9.90. The topological polar surface area (TPSA) is 34.2 Å². The standard InChI is InChI=1S/C40H48N2O3/c1-32-39(44-30-35-16-8-3-9-17-35)40(45-31-36-18-10-4-11-19-36)38(43-29-34-14-6-2-7-15-34)28-42(32)27-24-33-22-25-41(26-23-33)37-20-12-5-13-21-37/h2-21,32-33,38-40H,22-31H2,1H3/t32-,38+,39-,40-/m1/s1. The Morgan fingerprint density at radius 3 is 1.58 bits per heavy atom. The van der Waals surface area contributed by atoms with Gasteiger partial charge in [-0.15, -0.1) is 0 Å². The van der Waals surface area contributed by atoms with Crippen LogP contribution in [-0.4, -0.2) is 55.4 Å². The van der Waals surface area contributed by atoms with Crippen LogP contribution in [0.15, 0.2) is 121 Å². The van der Waals surface area contributed by atoms with Crippen molar-refractivity contribution in [1.29, 1.82) is 0 Å². The van der Waals surface area contributed by atoms with Crippen LogP contribution in [0.25, 0.3) is 0 Å². The first-order chi connectivity index (χ1) is 22.2. The number of nitrogens with zero attached hydrogens (tertiary/aromatic N) is 2. The Balaban J connectivity index is 1.15. The van der Waals surface area contributed by atoms with Crippen molar-refractivity contribution >= 4 is 5.69 Å². The van der Waals surface area contributed by atoms with Gasteiger partial charge < -0.3 is 19.1 Å². The van der Waals surface area contributed by atoms with E-state index < -0.39 is 0 Å². The zero-order valence-corrected chi connectivity index (χ0v) is 26.6. The molecule has 5 nitrogen and oxygen atoms in total. The van der Waals surface area contributed by atoms with Crippen molar-refractivity contribution in [1.82, 2.24) is 4.90 Å². The highest BCUT2D eigenvalue weighted by atomic mass is 16.6. The van der Waals surface area contributed by atoms with Crippen LogP contribution in [-0.2, 0) is 34.0 Å². The van der Waals surface area contributed by atoms with Crippen LogP contribution in [0.2, 0.25) is 0 Å². The van der Waals surface area contributed by atoms with E-state index in [4.69, 9.17) is 14.2 Å². The SMILES string of the molecule is C[C@@H]1[C@@H](OCc2ccccc2)[C@H](OCc2ccccc2)[C@@H](OCc2ccccc2)CN1CCC1CCN(c2ccccc2)CC1. The monoisotopic (exact) mass is 604 g/mol. The molecule has 0 bridgehead atoms. The fourth-order valence-electron chi connectivity index (χ4n) is 6.85. The van der Waals surface area contributed by atoms with Crippen LogP contribution >= 0.6 is 0 Å². The van der Waals surface area contributed by atoms with Crippen molar-refractivity contribution in [2.24, 2.45) is 5.92 Å². The van der Waals surface area contributed by atoms with Gasteiger partial charge in [0.15, 0.2) is 0 Å². The Kier molecular flexibility index (Phi) is 11.3. The fourth-order valence-corrected chi connectivity index (χ4v) is 6.85. The second-order valence-electron chi connectivity index (χ2n) is 12.6. The van der Waals surface area contributed by atoms with E-state index in [2.05, 4.69) is 132 Å². The van der Waals surface area contributed by atoms with E-state index in [9.17, 15) is 0 Å². The molecule has 6 rings (SSSR count). The summed E-state index contributed by atoms with van der Waals surface area (Å²) < 4.78 is 20.3. The minimum Gasteiger partial charge on any atom is -0.372 e. The molecule has 5 heteroatoms. The lowest BCUT2D eigenvalue weighted by molar-refractivity contribution is -0.201. The average molecular weight is 605 g/mol. The summed E-state index contributed by atoms with van der Waals surface area (Å²) >= 11 is 0. The molecule has 0 N–H and O–H groups in total. The highest BCUT2D eigenvalue weighted by molar-refractivity contribution is 5.46. The van der Waals surface area contributed by atoms with Crippen molar-refractivity contribution in [3.63, 3.8) is 0 Å². The maximum Gasteiger partial charge on any atom is 0.113 e. The lowest BCUT2D eigenvalue weighted by Gasteiger charge is -2.48. The molecule has 0 radical (unpaired) electrons. The minimum atomic E-state index is -0.182. The van der Waals surface area contributed by atoms with Gasteiger partial charge in [-0.05, 0) is 67.5 Å². The van der Waals surface area contributed by atoms with E-state index in [-0.39, 0.29) is 24.4 Å². The van der Waals surface area contributed by atoms with Gasteiger partial charge in [-0.25, -0.2) is 0 Å². The third kappa shape index (κ3) is 8.83. The summed E-state index contributed by atoms with van der Waals surface area (Å²) in [5, 5.41) is 0. The molecule has 2 heterocycles. The molecule has 0 saturated carbocycles. The van der Waals surface area contributed by atoms with E-state index in [0.717, 1.165) is 37.7 Å². The number of rotatable bonds is 13. The van der Waals surface area contributed by atoms with Crippen molar-refractivity contribution in [3.05, 3.63) is 138 Å². The molecule has 4 aromatic rings. The van der Waals surface area contributed by atoms with Gasteiger partial charge in [-0.1, -0.05) is 109 Å². The van der Waals surface area contributed by atoms with E-state index in [0.29, 0.717) is 19.8 Å². The van der Waals surface area contributed by atoms with E-state index in [1.54, 1.807) is 0 Å². The predicted octanol–water partition coefficient (Wildman–Crippen LogP) is 7.75. The highest BCUT2D eigenvalue weighted by Gasteiger charge is 2.44. The maximum absolute atomic E-state index is 6.80. The number of hydrogen-bond donors (Lipinski definition) is 0. The number of para-hydroxylation sites is 1. The number of ether oxygens (including phenoxy) is 3. The molecule has 2 aliphatic rings. The van der Waals surface area contributed by atoms with Crippen LogP contribution in [0.5, 0.6) is 0 Å². The third-order valence-corrected chi connectivity index (χ3v) is 9.59. The number of anilines is 1. The second-order valence-corrected chi connectivity index (χ2v) is 12.6. The number of likely N-dealkylation sites (tertiary alicyclic amines) is 1. The van der Waals surface area contributed by atoms with Gasteiger partial charge in [0, 0.05) is 31.4 Å². The van der Waals surface area contributed by atoms with Crippen molar-refractivity contribution < 1.29 is 14.2 Å². The van der Waals surface area contributed by atoms with Crippen LogP contribution in [0.1, 0.15) is 42.9 Å². The van der Waals surface area contributed by atoms with Crippen LogP contribution < -0.4 is 4.90 Å². The first kappa shape index (κ1) is 31.5. The van der Waals surface area contributed by atoms with Crippen LogP contribution in [0.4, 0.5) is 5.69 Å². The number of hydrogen-bond acceptors (Lipinski definition) is 5. The third-order valence-electron chi connectivity index (χ3n) is 9.59. The van der Waals surface area contributed by atoms with Gasteiger partial charge in [-0.3, -0.25) is 4.90 Å². The summed E-state index contributed by atoms with van der Waals surface area (Å²) in [6, 6.07) is 42.4. The van der Waals surface area contributed by atoms with Crippen molar-refractivity contribution in [2.45, 2.75) is 70.4 Å². The van der Waals surface area contributed by atoms with E-state index in [1.165, 1.54) is 36.1 Å². The summed E-state index contributed by atoms with van der Waals surface area (Å²) in [4.78, 5) is 5.15. The minimum absolute atomic E-state index is 0.106. The molecule has 4 aromatic carbocycles. The Morgan fingerprint density at radius 1 is 0.578 bits per heavy atom. The molecule has 0 unspecified atom stereocenters. The van der Waals surface area contributed by atoms with Gasteiger partial charge in [0.1, 0.15) is 12.2 Å². The second kappa shape index (κ2) is 16.2. The van der Waals surface area contributed by atoms with E-state index >= 15 is 0 Å². The number of piperidine rings is 2. The van der Waals surface area contributed by atoms with E-state index in [1.807, 2.05) is 6.07 Å². The molecule has 0 amide bonds. The van der Waals surface area contributed by atoms with Gasteiger partial charge in [0.05, 0.1) is 25.9 Å². The Morgan fingerprint density at radius 2 is 1.04 bits per heavy atom. The summed E-state index contributed by atoms with van der Waals surface area (Å²) in [7, 11) is 0. The van der Waals surface area contributed by atoms with Crippen molar-refractivity contribution in [2.75, 3.05) is 31.1 Å². The summed E-state index contributed by atoms with van der Waals surface area (Å²) in [5.74, 6) is 0.733. The molecule has 236 valence electrons. The first-order valence-electron chi connectivity index (χ1n) is 16.7. The molecule has 0 aromatic heterocycles. The Labute approximate surface area is 269 Å². The first-order valence-corrected chi connectivity index (χ1v) is 16.7. The molecular weight excluding hydrogens is 556 g/mol. The fraction of sp³-hybridized carbons (Fsp3) is 0.400. The quantitative estimate of drug-likeness (QED) is 0.156. The normalized spacial score (nSPS) is 22.8. The smallest absolute Gasteiger partial charge is 0.113 e. The molecular formula is C40H48N2O3.